The van der Waals surface area contributed by atoms with Crippen molar-refractivity contribution in [2.75, 3.05) is 27.2 Å². The summed E-state index contributed by atoms with van der Waals surface area (Å²) in [5.41, 5.74) is 0.483. The van der Waals surface area contributed by atoms with Gasteiger partial charge in [-0.2, -0.15) is 13.2 Å². The number of hydrogen-bond donors (Lipinski definition) is 0. The van der Waals surface area contributed by atoms with Crippen LogP contribution in [0.4, 0.5) is 13.2 Å². The highest BCUT2D eigenvalue weighted by molar-refractivity contribution is 7.89. The molecule has 0 aliphatic carbocycles. The standard InChI is InChI=1S/C16H19F3N2O3S/c1-4-11-21(12-16(17,18)19)15(22)10-7-13-5-8-14(9-6-13)25(23,24)20(2)3/h4-10H,1,11-12H2,2-3H3/b10-7+. The van der Waals surface area contributed by atoms with Gasteiger partial charge in [-0.15, -0.1) is 6.58 Å². The third-order valence-electron chi connectivity index (χ3n) is 3.11. The Bertz CT molecular complexity index is 739. The van der Waals surface area contributed by atoms with Crippen molar-refractivity contribution in [1.29, 1.82) is 0 Å². The molecule has 5 nitrogen and oxygen atoms in total. The Morgan fingerprint density at radius 1 is 1.20 bits per heavy atom. The van der Waals surface area contributed by atoms with Crippen molar-refractivity contribution in [3.05, 3.63) is 48.6 Å². The first-order valence-corrected chi connectivity index (χ1v) is 8.58. The molecule has 0 saturated carbocycles. The predicted octanol–water partition coefficient (Wildman–Crippen LogP) is 2.53. The number of carbonyl (C=O) groups is 1. The molecule has 0 atom stereocenters. The monoisotopic (exact) mass is 376 g/mol. The second-order valence-electron chi connectivity index (χ2n) is 5.31. The van der Waals surface area contributed by atoms with Crippen LogP contribution in [0.3, 0.4) is 0 Å². The van der Waals surface area contributed by atoms with Crippen molar-refractivity contribution >= 4 is 22.0 Å². The summed E-state index contributed by atoms with van der Waals surface area (Å²) >= 11 is 0. The Kier molecular flexibility index (Phi) is 6.95. The van der Waals surface area contributed by atoms with Crippen LogP contribution in [0.5, 0.6) is 0 Å². The normalized spacial score (nSPS) is 12.6. The van der Waals surface area contributed by atoms with Gasteiger partial charge in [0.05, 0.1) is 4.90 Å². The number of hydrogen-bond acceptors (Lipinski definition) is 3. The van der Waals surface area contributed by atoms with E-state index >= 15 is 0 Å². The Morgan fingerprint density at radius 3 is 2.20 bits per heavy atom. The molecule has 138 valence electrons. The Hall–Kier alpha value is -2.13. The molecule has 1 amide bonds. The number of rotatable bonds is 7. The molecule has 1 aromatic carbocycles. The molecule has 1 rings (SSSR count). The Morgan fingerprint density at radius 2 is 1.76 bits per heavy atom. The summed E-state index contributed by atoms with van der Waals surface area (Å²) in [6, 6.07) is 5.64. The van der Waals surface area contributed by atoms with E-state index in [2.05, 4.69) is 6.58 Å². The van der Waals surface area contributed by atoms with Crippen LogP contribution >= 0.6 is 0 Å². The summed E-state index contributed by atoms with van der Waals surface area (Å²) in [5, 5.41) is 0. The van der Waals surface area contributed by atoms with E-state index in [9.17, 15) is 26.4 Å². The van der Waals surface area contributed by atoms with E-state index < -0.39 is 28.7 Å². The molecule has 1 aromatic rings. The minimum absolute atomic E-state index is 0.0753. The maximum absolute atomic E-state index is 12.5. The zero-order chi connectivity index (χ0) is 19.3. The van der Waals surface area contributed by atoms with Gasteiger partial charge in [0.15, 0.2) is 0 Å². The lowest BCUT2D eigenvalue weighted by Gasteiger charge is -2.20. The first kappa shape index (κ1) is 20.9. The molecule has 9 heteroatoms. The number of nitrogens with zero attached hydrogens (tertiary/aromatic N) is 2. The molecule has 0 radical (unpaired) electrons. The van der Waals surface area contributed by atoms with Gasteiger partial charge in [0.1, 0.15) is 6.54 Å². The van der Waals surface area contributed by atoms with E-state index in [1.165, 1.54) is 50.5 Å². The van der Waals surface area contributed by atoms with E-state index in [1.807, 2.05) is 0 Å². The highest BCUT2D eigenvalue weighted by Gasteiger charge is 2.31. The summed E-state index contributed by atoms with van der Waals surface area (Å²) in [5.74, 6) is -0.817. The number of halogens is 3. The fraction of sp³-hybridized carbons (Fsp3) is 0.312. The van der Waals surface area contributed by atoms with Crippen molar-refractivity contribution in [2.24, 2.45) is 0 Å². The van der Waals surface area contributed by atoms with Gasteiger partial charge in [-0.1, -0.05) is 18.2 Å². The second kappa shape index (κ2) is 8.30. The van der Waals surface area contributed by atoms with Crippen LogP contribution in [-0.4, -0.2) is 56.9 Å². The number of benzene rings is 1. The molecule has 0 aliphatic rings. The Labute approximate surface area is 145 Å². The summed E-state index contributed by atoms with van der Waals surface area (Å²) in [6.07, 6.45) is -0.974. The van der Waals surface area contributed by atoms with Crippen LogP contribution in [0.15, 0.2) is 47.9 Å². The number of sulfonamides is 1. The number of carbonyl (C=O) groups excluding carboxylic acids is 1. The van der Waals surface area contributed by atoms with E-state index in [4.69, 9.17) is 0 Å². The molecule has 25 heavy (non-hydrogen) atoms. The van der Waals surface area contributed by atoms with Crippen LogP contribution in [0.1, 0.15) is 5.56 Å². The molecular formula is C16H19F3N2O3S. The molecule has 0 unspecified atom stereocenters. The Balaban J connectivity index is 2.90. The van der Waals surface area contributed by atoms with Gasteiger partial charge < -0.3 is 4.90 Å². The minimum Gasteiger partial charge on any atom is -0.326 e. The van der Waals surface area contributed by atoms with Gasteiger partial charge in [-0.3, -0.25) is 4.79 Å². The third kappa shape index (κ3) is 6.35. The average Bonchev–Trinajstić information content (AvgIpc) is 2.51. The van der Waals surface area contributed by atoms with Crippen LogP contribution in [0.25, 0.3) is 6.08 Å². The van der Waals surface area contributed by atoms with Crippen molar-refractivity contribution < 1.29 is 26.4 Å². The molecule has 0 heterocycles. The van der Waals surface area contributed by atoms with E-state index in [0.717, 1.165) is 10.4 Å². The molecule has 0 N–H and O–H groups in total. The van der Waals surface area contributed by atoms with Crippen molar-refractivity contribution in [2.45, 2.75) is 11.1 Å². The third-order valence-corrected chi connectivity index (χ3v) is 4.94. The molecule has 0 aliphatic heterocycles. The number of amides is 1. The van der Waals surface area contributed by atoms with Gasteiger partial charge in [0.2, 0.25) is 15.9 Å². The minimum atomic E-state index is -4.51. The van der Waals surface area contributed by atoms with Gasteiger partial charge in [-0.05, 0) is 23.8 Å². The van der Waals surface area contributed by atoms with Crippen molar-refractivity contribution in [3.63, 3.8) is 0 Å². The summed E-state index contributed by atoms with van der Waals surface area (Å²) in [6.45, 7) is 1.73. The SMILES string of the molecule is C=CCN(CC(F)(F)F)C(=O)/C=C/c1ccc(S(=O)(=O)N(C)C)cc1. The van der Waals surface area contributed by atoms with Gasteiger partial charge in [-0.25, -0.2) is 12.7 Å². The van der Waals surface area contributed by atoms with Gasteiger partial charge in [0.25, 0.3) is 0 Å². The highest BCUT2D eigenvalue weighted by Crippen LogP contribution is 2.17. The molecular weight excluding hydrogens is 357 g/mol. The van der Waals surface area contributed by atoms with Crippen LogP contribution in [0.2, 0.25) is 0 Å². The molecule has 0 aromatic heterocycles. The quantitative estimate of drug-likeness (QED) is 0.543. The first-order valence-electron chi connectivity index (χ1n) is 7.14. The van der Waals surface area contributed by atoms with Gasteiger partial charge in [0, 0.05) is 26.7 Å². The second-order valence-corrected chi connectivity index (χ2v) is 7.46. The maximum atomic E-state index is 12.5. The smallest absolute Gasteiger partial charge is 0.326 e. The lowest BCUT2D eigenvalue weighted by molar-refractivity contribution is -0.157. The fourth-order valence-electron chi connectivity index (χ4n) is 1.84. The molecule has 0 spiro atoms. The van der Waals surface area contributed by atoms with Crippen LogP contribution < -0.4 is 0 Å². The van der Waals surface area contributed by atoms with Crippen LogP contribution in [-0.2, 0) is 14.8 Å². The highest BCUT2D eigenvalue weighted by atomic mass is 32.2. The van der Waals surface area contributed by atoms with Crippen molar-refractivity contribution in [1.82, 2.24) is 9.21 Å². The lowest BCUT2D eigenvalue weighted by atomic mass is 10.2. The maximum Gasteiger partial charge on any atom is 0.406 e. The summed E-state index contributed by atoms with van der Waals surface area (Å²) in [7, 11) is -0.769. The zero-order valence-electron chi connectivity index (χ0n) is 13.8. The number of alkyl halides is 3. The molecule has 0 fully saturated rings. The molecule has 0 saturated heterocycles. The summed E-state index contributed by atoms with van der Waals surface area (Å²) in [4.78, 5) is 12.6. The van der Waals surface area contributed by atoms with Gasteiger partial charge >= 0.3 is 6.18 Å². The van der Waals surface area contributed by atoms with E-state index in [-0.39, 0.29) is 11.4 Å². The molecule has 0 bridgehead atoms. The summed E-state index contributed by atoms with van der Waals surface area (Å²) < 4.78 is 62.3. The lowest BCUT2D eigenvalue weighted by Crippen LogP contribution is -2.38. The zero-order valence-corrected chi connectivity index (χ0v) is 14.6. The van der Waals surface area contributed by atoms with E-state index in [1.54, 1.807) is 0 Å². The average molecular weight is 376 g/mol. The van der Waals surface area contributed by atoms with E-state index in [0.29, 0.717) is 10.5 Å². The first-order chi connectivity index (χ1) is 11.5. The van der Waals surface area contributed by atoms with Crippen molar-refractivity contribution in [3.8, 4) is 0 Å². The predicted molar refractivity (Wildman–Crippen MR) is 89.2 cm³/mol. The largest absolute Gasteiger partial charge is 0.406 e. The topological polar surface area (TPSA) is 57.7 Å². The fourth-order valence-corrected chi connectivity index (χ4v) is 2.74. The van der Waals surface area contributed by atoms with Crippen LogP contribution in [0, 0.1) is 0 Å².